The first-order valence-electron chi connectivity index (χ1n) is 11.3. The van der Waals surface area contributed by atoms with Crippen molar-refractivity contribution in [1.29, 1.82) is 0 Å². The average Bonchev–Trinajstić information content (AvgIpc) is 3.49. The van der Waals surface area contributed by atoms with Gasteiger partial charge in [-0.05, 0) is 48.4 Å². The quantitative estimate of drug-likeness (QED) is 0.239. The molecule has 1 N–H and O–H groups in total. The molecule has 0 unspecified atom stereocenters. The summed E-state index contributed by atoms with van der Waals surface area (Å²) in [6.45, 7) is 2.90. The van der Waals surface area contributed by atoms with Crippen LogP contribution in [0.3, 0.4) is 0 Å². The lowest BCUT2D eigenvalue weighted by molar-refractivity contribution is 0.0950. The van der Waals surface area contributed by atoms with Crippen molar-refractivity contribution in [3.8, 4) is 22.0 Å². The topological polar surface area (TPSA) is 59.8 Å². The number of halogens is 2. The van der Waals surface area contributed by atoms with Gasteiger partial charge in [-0.1, -0.05) is 59.6 Å². The van der Waals surface area contributed by atoms with Gasteiger partial charge in [-0.15, -0.1) is 11.3 Å². The summed E-state index contributed by atoms with van der Waals surface area (Å²) in [5, 5.41) is 7.16. The number of thiazole rings is 1. The van der Waals surface area contributed by atoms with Gasteiger partial charge in [-0.25, -0.2) is 4.98 Å². The first-order valence-corrected chi connectivity index (χ1v) is 13.0. The number of rotatable bonds is 7. The van der Waals surface area contributed by atoms with Crippen LogP contribution in [0.2, 0.25) is 10.0 Å². The van der Waals surface area contributed by atoms with Crippen molar-refractivity contribution in [3.05, 3.63) is 117 Å². The van der Waals surface area contributed by atoms with E-state index in [4.69, 9.17) is 28.2 Å². The molecule has 0 spiro atoms. The normalized spacial score (nSPS) is 11.0. The maximum Gasteiger partial charge on any atom is 0.253 e. The molecule has 0 saturated heterocycles. The molecule has 0 atom stereocenters. The largest absolute Gasteiger partial charge is 0.348 e. The highest BCUT2D eigenvalue weighted by Crippen LogP contribution is 2.35. The SMILES string of the molecule is Cc1c(C(=O)NCc2cccnc2)cc(-c2csc(-c3ccccc3Cl)n2)n1Cc1cccc(Cl)c1. The number of hydrogen-bond acceptors (Lipinski definition) is 4. The van der Waals surface area contributed by atoms with Crippen molar-refractivity contribution in [2.45, 2.75) is 20.0 Å². The van der Waals surface area contributed by atoms with Gasteiger partial charge < -0.3 is 9.88 Å². The molecular formula is C28H22Cl2N4OS. The number of carbonyl (C=O) groups excluding carboxylic acids is 1. The van der Waals surface area contributed by atoms with E-state index < -0.39 is 0 Å². The Hall–Kier alpha value is -3.45. The second-order valence-electron chi connectivity index (χ2n) is 8.31. The van der Waals surface area contributed by atoms with Crippen LogP contribution < -0.4 is 5.32 Å². The number of benzene rings is 2. The van der Waals surface area contributed by atoms with E-state index in [0.717, 1.165) is 38.8 Å². The second kappa shape index (κ2) is 10.7. The Morgan fingerprint density at radius 3 is 2.64 bits per heavy atom. The molecular weight excluding hydrogens is 511 g/mol. The summed E-state index contributed by atoms with van der Waals surface area (Å²) in [5.41, 5.74) is 5.94. The molecule has 5 nitrogen and oxygen atoms in total. The Morgan fingerprint density at radius 1 is 1.03 bits per heavy atom. The predicted octanol–water partition coefficient (Wildman–Crippen LogP) is 7.27. The summed E-state index contributed by atoms with van der Waals surface area (Å²) >= 11 is 14.2. The van der Waals surface area contributed by atoms with Gasteiger partial charge >= 0.3 is 0 Å². The van der Waals surface area contributed by atoms with Crippen LogP contribution in [-0.2, 0) is 13.1 Å². The third-order valence-electron chi connectivity index (χ3n) is 5.89. The van der Waals surface area contributed by atoms with Crippen molar-refractivity contribution < 1.29 is 4.79 Å². The van der Waals surface area contributed by atoms with Crippen molar-refractivity contribution in [2.75, 3.05) is 0 Å². The molecule has 0 aliphatic heterocycles. The zero-order valence-corrected chi connectivity index (χ0v) is 21.7. The third kappa shape index (κ3) is 5.21. The molecule has 0 saturated carbocycles. The Labute approximate surface area is 223 Å². The van der Waals surface area contributed by atoms with Crippen LogP contribution in [0.1, 0.15) is 27.2 Å². The Bertz CT molecular complexity index is 1530. The molecule has 180 valence electrons. The standard InChI is InChI=1S/C28H22Cl2N4OS/c1-18-23(27(35)32-15-20-7-5-11-31-14-20)13-26(34(18)16-19-6-4-8-21(29)12-19)25-17-36-28(33-25)22-9-2-3-10-24(22)30/h2-14,17H,15-16H2,1H3,(H,32,35). The summed E-state index contributed by atoms with van der Waals surface area (Å²) in [6.07, 6.45) is 3.46. The molecule has 5 rings (SSSR count). The first kappa shape index (κ1) is 24.3. The van der Waals surface area contributed by atoms with Crippen LogP contribution in [0.25, 0.3) is 22.0 Å². The lowest BCUT2D eigenvalue weighted by atomic mass is 10.2. The molecule has 8 heteroatoms. The summed E-state index contributed by atoms with van der Waals surface area (Å²) in [7, 11) is 0. The molecule has 5 aromatic rings. The highest BCUT2D eigenvalue weighted by molar-refractivity contribution is 7.13. The number of carbonyl (C=O) groups is 1. The molecule has 0 aliphatic carbocycles. The van der Waals surface area contributed by atoms with Gasteiger partial charge in [0.1, 0.15) is 5.01 Å². The van der Waals surface area contributed by atoms with E-state index in [1.807, 2.05) is 79.0 Å². The van der Waals surface area contributed by atoms with Gasteiger partial charge in [0.25, 0.3) is 5.91 Å². The van der Waals surface area contributed by atoms with E-state index in [1.54, 1.807) is 12.4 Å². The molecule has 0 radical (unpaired) electrons. The Balaban J connectivity index is 1.52. The van der Waals surface area contributed by atoms with Crippen LogP contribution >= 0.6 is 34.5 Å². The van der Waals surface area contributed by atoms with Gasteiger partial charge in [0.2, 0.25) is 0 Å². The van der Waals surface area contributed by atoms with Crippen LogP contribution in [0.5, 0.6) is 0 Å². The maximum absolute atomic E-state index is 13.2. The minimum Gasteiger partial charge on any atom is -0.348 e. The number of nitrogens with zero attached hydrogens (tertiary/aromatic N) is 3. The highest BCUT2D eigenvalue weighted by atomic mass is 35.5. The van der Waals surface area contributed by atoms with Crippen LogP contribution in [-0.4, -0.2) is 20.4 Å². The van der Waals surface area contributed by atoms with E-state index in [1.165, 1.54) is 11.3 Å². The van der Waals surface area contributed by atoms with Crippen LogP contribution in [0.15, 0.2) is 84.5 Å². The van der Waals surface area contributed by atoms with Gasteiger partial charge in [-0.2, -0.15) is 0 Å². The van der Waals surface area contributed by atoms with Crippen LogP contribution in [0, 0.1) is 6.92 Å². The molecule has 0 fully saturated rings. The van der Waals surface area contributed by atoms with Crippen molar-refractivity contribution >= 4 is 40.4 Å². The van der Waals surface area contributed by atoms with Crippen LogP contribution in [0.4, 0.5) is 0 Å². The molecule has 3 aromatic heterocycles. The highest BCUT2D eigenvalue weighted by Gasteiger charge is 2.21. The fourth-order valence-corrected chi connectivity index (χ4v) is 5.39. The number of pyridine rings is 1. The van der Waals surface area contributed by atoms with Gasteiger partial charge in [0, 0.05) is 47.1 Å². The Kier molecular flexibility index (Phi) is 7.18. The van der Waals surface area contributed by atoms with Crippen molar-refractivity contribution in [1.82, 2.24) is 19.9 Å². The number of hydrogen-bond donors (Lipinski definition) is 1. The smallest absolute Gasteiger partial charge is 0.253 e. The van der Waals surface area contributed by atoms with Crippen molar-refractivity contribution in [3.63, 3.8) is 0 Å². The van der Waals surface area contributed by atoms with Gasteiger partial charge in [0.05, 0.1) is 22.0 Å². The molecule has 1 amide bonds. The fraction of sp³-hybridized carbons (Fsp3) is 0.107. The van der Waals surface area contributed by atoms with Crippen molar-refractivity contribution in [2.24, 2.45) is 0 Å². The maximum atomic E-state index is 13.2. The number of nitrogens with one attached hydrogen (secondary N) is 1. The monoisotopic (exact) mass is 532 g/mol. The second-order valence-corrected chi connectivity index (χ2v) is 10.0. The van der Waals surface area contributed by atoms with E-state index >= 15 is 0 Å². The molecule has 0 bridgehead atoms. The van der Waals surface area contributed by atoms with Gasteiger partial charge in [-0.3, -0.25) is 9.78 Å². The summed E-state index contributed by atoms with van der Waals surface area (Å²) in [5.74, 6) is -0.149. The van der Waals surface area contributed by atoms with E-state index in [2.05, 4.69) is 14.9 Å². The minimum atomic E-state index is -0.149. The lowest BCUT2D eigenvalue weighted by Crippen LogP contribution is -2.23. The van der Waals surface area contributed by atoms with E-state index in [-0.39, 0.29) is 5.91 Å². The zero-order chi connectivity index (χ0) is 25.1. The average molecular weight is 533 g/mol. The molecule has 36 heavy (non-hydrogen) atoms. The molecule has 3 heterocycles. The molecule has 2 aromatic carbocycles. The summed E-state index contributed by atoms with van der Waals surface area (Å²) in [4.78, 5) is 22.2. The first-order chi connectivity index (χ1) is 17.5. The predicted molar refractivity (Wildman–Crippen MR) is 147 cm³/mol. The van der Waals surface area contributed by atoms with Gasteiger partial charge in [0.15, 0.2) is 0 Å². The van der Waals surface area contributed by atoms with E-state index in [9.17, 15) is 4.79 Å². The molecule has 0 aliphatic rings. The zero-order valence-electron chi connectivity index (χ0n) is 19.4. The third-order valence-corrected chi connectivity index (χ3v) is 7.33. The number of amides is 1. The van der Waals surface area contributed by atoms with E-state index in [0.29, 0.717) is 28.7 Å². The summed E-state index contributed by atoms with van der Waals surface area (Å²) in [6, 6.07) is 21.1. The number of aromatic nitrogens is 3. The Morgan fingerprint density at radius 2 is 1.86 bits per heavy atom. The summed E-state index contributed by atoms with van der Waals surface area (Å²) < 4.78 is 2.11. The lowest BCUT2D eigenvalue weighted by Gasteiger charge is -2.12. The minimum absolute atomic E-state index is 0.149. The fourth-order valence-electron chi connectivity index (χ4n) is 4.04.